The van der Waals surface area contributed by atoms with Crippen LogP contribution < -0.4 is 11.1 Å². The number of nitrogens with one attached hydrogen (secondary N) is 2. The summed E-state index contributed by atoms with van der Waals surface area (Å²) in [6, 6.07) is 2.99. The zero-order chi connectivity index (χ0) is 23.0. The van der Waals surface area contributed by atoms with Gasteiger partial charge in [0.1, 0.15) is 17.6 Å². The Balaban J connectivity index is 1.42. The number of aliphatic carboxylic acids is 1. The molecule has 2 aromatic heterocycles. The SMILES string of the molecule is N[C@@H](CCC(=O)Nc1nc2c(s1)CN(C(=O)c1cc3c(Cl)cc(F)cc3[nH]1)CC2)C(=O)O. The number of thiazole rings is 1. The third kappa shape index (κ3) is 4.59. The van der Waals surface area contributed by atoms with Crippen LogP contribution in [0.5, 0.6) is 0 Å². The van der Waals surface area contributed by atoms with E-state index < -0.39 is 17.8 Å². The fraction of sp³-hybridized carbons (Fsp3) is 0.300. The van der Waals surface area contributed by atoms with Gasteiger partial charge in [0.2, 0.25) is 5.91 Å². The smallest absolute Gasteiger partial charge is 0.320 e. The van der Waals surface area contributed by atoms with Gasteiger partial charge in [-0.1, -0.05) is 22.9 Å². The van der Waals surface area contributed by atoms with E-state index in [1.54, 1.807) is 11.0 Å². The third-order valence-electron chi connectivity index (χ3n) is 5.15. The second-order valence-electron chi connectivity index (χ2n) is 7.43. The van der Waals surface area contributed by atoms with Crippen molar-refractivity contribution in [1.82, 2.24) is 14.9 Å². The largest absolute Gasteiger partial charge is 0.480 e. The molecule has 0 saturated carbocycles. The van der Waals surface area contributed by atoms with Gasteiger partial charge in [-0.05, 0) is 24.6 Å². The van der Waals surface area contributed by atoms with Crippen LogP contribution in [0, 0.1) is 5.82 Å². The van der Waals surface area contributed by atoms with E-state index in [9.17, 15) is 18.8 Å². The highest BCUT2D eigenvalue weighted by Gasteiger charge is 2.26. The Bertz CT molecular complexity index is 1230. The number of amides is 2. The van der Waals surface area contributed by atoms with Gasteiger partial charge in [0.15, 0.2) is 5.13 Å². The van der Waals surface area contributed by atoms with Gasteiger partial charge in [-0.3, -0.25) is 14.4 Å². The van der Waals surface area contributed by atoms with Crippen molar-refractivity contribution in [2.45, 2.75) is 31.8 Å². The normalized spacial score (nSPS) is 14.3. The lowest BCUT2D eigenvalue weighted by Gasteiger charge is -2.25. The number of benzene rings is 1. The Hall–Kier alpha value is -3.02. The standard InChI is InChI=1S/C20H19ClFN5O4S/c21-11-5-9(22)6-14-10(11)7-15(24-14)18(29)27-4-3-13-16(8-27)32-20(25-13)26-17(28)2-1-12(23)19(30)31/h5-7,12,24H,1-4,8,23H2,(H,30,31)(H,25,26,28)/t12-/m0/s1. The van der Waals surface area contributed by atoms with E-state index in [0.29, 0.717) is 41.2 Å². The number of carboxylic acid groups (broad SMARTS) is 1. The number of hydrogen-bond acceptors (Lipinski definition) is 6. The molecule has 2 amide bonds. The highest BCUT2D eigenvalue weighted by atomic mass is 35.5. The summed E-state index contributed by atoms with van der Waals surface area (Å²) in [5, 5.41) is 12.6. The summed E-state index contributed by atoms with van der Waals surface area (Å²) in [4.78, 5) is 45.6. The summed E-state index contributed by atoms with van der Waals surface area (Å²) in [5.41, 5.74) is 6.97. The first-order valence-corrected chi connectivity index (χ1v) is 10.9. The number of nitrogens with zero attached hydrogens (tertiary/aromatic N) is 2. The van der Waals surface area contributed by atoms with Crippen molar-refractivity contribution in [2.24, 2.45) is 5.73 Å². The molecule has 4 rings (SSSR count). The van der Waals surface area contributed by atoms with Gasteiger partial charge in [-0.2, -0.15) is 0 Å². The van der Waals surface area contributed by atoms with Crippen molar-refractivity contribution < 1.29 is 23.9 Å². The van der Waals surface area contributed by atoms with Crippen molar-refractivity contribution >= 4 is 56.8 Å². The van der Waals surface area contributed by atoms with Crippen molar-refractivity contribution in [3.05, 3.63) is 45.3 Å². The van der Waals surface area contributed by atoms with E-state index in [4.69, 9.17) is 22.4 Å². The maximum atomic E-state index is 13.6. The first kappa shape index (κ1) is 22.2. The summed E-state index contributed by atoms with van der Waals surface area (Å²) in [5.74, 6) is -2.27. The zero-order valence-electron chi connectivity index (χ0n) is 16.7. The highest BCUT2D eigenvalue weighted by Crippen LogP contribution is 2.30. The predicted octanol–water partition coefficient (Wildman–Crippen LogP) is 2.75. The molecule has 0 unspecified atom stereocenters. The number of anilines is 1. The Labute approximate surface area is 190 Å². The molecule has 0 aliphatic carbocycles. The molecule has 0 radical (unpaired) electrons. The monoisotopic (exact) mass is 479 g/mol. The zero-order valence-corrected chi connectivity index (χ0v) is 18.2. The molecule has 1 aromatic carbocycles. The Morgan fingerprint density at radius 1 is 1.38 bits per heavy atom. The van der Waals surface area contributed by atoms with E-state index in [-0.39, 0.29) is 29.7 Å². The Morgan fingerprint density at radius 2 is 2.16 bits per heavy atom. The van der Waals surface area contributed by atoms with Crippen LogP contribution in [0.3, 0.4) is 0 Å². The van der Waals surface area contributed by atoms with Gasteiger partial charge in [-0.15, -0.1) is 0 Å². The molecule has 1 aliphatic heterocycles. The number of halogens is 2. The van der Waals surface area contributed by atoms with E-state index in [0.717, 1.165) is 10.6 Å². The molecule has 1 aliphatic rings. The first-order valence-electron chi connectivity index (χ1n) is 9.75. The molecule has 0 bridgehead atoms. The Morgan fingerprint density at radius 3 is 2.91 bits per heavy atom. The van der Waals surface area contributed by atoms with Crippen molar-refractivity contribution in [2.75, 3.05) is 11.9 Å². The minimum atomic E-state index is -1.16. The average Bonchev–Trinajstić information content (AvgIpc) is 3.34. The second-order valence-corrected chi connectivity index (χ2v) is 8.92. The molecule has 0 saturated heterocycles. The first-order chi connectivity index (χ1) is 15.2. The number of fused-ring (bicyclic) bond motifs is 2. The molecule has 168 valence electrons. The number of nitrogens with two attached hydrogens (primary N) is 1. The number of hydrogen-bond donors (Lipinski definition) is 4. The minimum absolute atomic E-state index is 0.0208. The van der Waals surface area contributed by atoms with E-state index in [2.05, 4.69) is 15.3 Å². The number of aromatic amines is 1. The molecule has 3 heterocycles. The lowest BCUT2D eigenvalue weighted by Crippen LogP contribution is -2.35. The van der Waals surface area contributed by atoms with Crippen molar-refractivity contribution in [1.29, 1.82) is 0 Å². The van der Waals surface area contributed by atoms with Crippen LogP contribution in [0.2, 0.25) is 5.02 Å². The van der Waals surface area contributed by atoms with Crippen LogP contribution >= 0.6 is 22.9 Å². The molecule has 3 aromatic rings. The number of carbonyl (C=O) groups excluding carboxylic acids is 2. The van der Waals surface area contributed by atoms with Gasteiger partial charge in [0.05, 0.1) is 22.8 Å². The van der Waals surface area contributed by atoms with Gasteiger partial charge < -0.3 is 26.0 Å². The van der Waals surface area contributed by atoms with Crippen LogP contribution in [0.1, 0.15) is 33.9 Å². The molecule has 5 N–H and O–H groups in total. The van der Waals surface area contributed by atoms with Crippen molar-refractivity contribution in [3.63, 3.8) is 0 Å². The molecule has 12 heteroatoms. The predicted molar refractivity (Wildman–Crippen MR) is 117 cm³/mol. The molecule has 0 spiro atoms. The maximum Gasteiger partial charge on any atom is 0.320 e. The number of H-pyrrole nitrogens is 1. The van der Waals surface area contributed by atoms with Crippen LogP contribution in [-0.2, 0) is 22.6 Å². The summed E-state index contributed by atoms with van der Waals surface area (Å²) < 4.78 is 13.6. The van der Waals surface area contributed by atoms with Gasteiger partial charge >= 0.3 is 5.97 Å². The fourth-order valence-electron chi connectivity index (χ4n) is 3.46. The van der Waals surface area contributed by atoms with Gasteiger partial charge in [0.25, 0.3) is 5.91 Å². The molecule has 1 atom stereocenters. The molecular weight excluding hydrogens is 461 g/mol. The van der Waals surface area contributed by atoms with Gasteiger partial charge in [0, 0.05) is 29.6 Å². The summed E-state index contributed by atoms with van der Waals surface area (Å²) in [6.45, 7) is 0.761. The van der Waals surface area contributed by atoms with E-state index in [1.807, 2.05) is 0 Å². The summed E-state index contributed by atoms with van der Waals surface area (Å²) in [7, 11) is 0. The molecule has 32 heavy (non-hydrogen) atoms. The second kappa shape index (κ2) is 8.85. The van der Waals surface area contributed by atoms with Crippen LogP contribution in [0.4, 0.5) is 9.52 Å². The highest BCUT2D eigenvalue weighted by molar-refractivity contribution is 7.15. The van der Waals surface area contributed by atoms with Gasteiger partial charge in [-0.25, -0.2) is 9.37 Å². The maximum absolute atomic E-state index is 13.6. The molecule has 0 fully saturated rings. The lowest BCUT2D eigenvalue weighted by atomic mass is 10.1. The van der Waals surface area contributed by atoms with Crippen LogP contribution in [0.15, 0.2) is 18.2 Å². The van der Waals surface area contributed by atoms with Crippen LogP contribution in [-0.4, -0.2) is 50.3 Å². The topological polar surface area (TPSA) is 141 Å². The average molecular weight is 480 g/mol. The quantitative estimate of drug-likeness (QED) is 0.428. The summed E-state index contributed by atoms with van der Waals surface area (Å²) >= 11 is 7.34. The third-order valence-corrected chi connectivity index (χ3v) is 6.46. The van der Waals surface area contributed by atoms with E-state index >= 15 is 0 Å². The van der Waals surface area contributed by atoms with Crippen LogP contribution in [0.25, 0.3) is 10.9 Å². The van der Waals surface area contributed by atoms with E-state index in [1.165, 1.54) is 23.5 Å². The minimum Gasteiger partial charge on any atom is -0.480 e. The van der Waals surface area contributed by atoms with Crippen molar-refractivity contribution in [3.8, 4) is 0 Å². The summed E-state index contributed by atoms with van der Waals surface area (Å²) in [6.07, 6.45) is 0.506. The fourth-order valence-corrected chi connectivity index (χ4v) is 4.76. The lowest BCUT2D eigenvalue weighted by molar-refractivity contribution is -0.138. The number of rotatable bonds is 6. The molecule has 9 nitrogen and oxygen atoms in total. The molecular formula is C20H19ClFN5O4S. The number of carbonyl (C=O) groups is 3. The number of aromatic nitrogens is 2. The number of carboxylic acids is 1. The Kier molecular flexibility index (Phi) is 6.13.